The first-order valence-electron chi connectivity index (χ1n) is 13.7. The van der Waals surface area contributed by atoms with Crippen molar-refractivity contribution in [3.05, 3.63) is 143 Å². The first kappa shape index (κ1) is 25.5. The Morgan fingerprint density at radius 1 is 0.455 bits per heavy atom. The van der Waals surface area contributed by atoms with Crippen LogP contribution in [0.4, 0.5) is 0 Å². The van der Waals surface area contributed by atoms with E-state index < -0.39 is 57.4 Å². The molecule has 10 heteroatoms. The van der Waals surface area contributed by atoms with Crippen LogP contribution in [0, 0.1) is 0 Å². The second-order valence-corrected chi connectivity index (χ2v) is 10.7. The molecule has 0 fully saturated rings. The molecule has 0 saturated carbocycles. The number of carbonyl (C=O) groups is 6. The van der Waals surface area contributed by atoms with E-state index in [1.54, 1.807) is 60.7 Å². The van der Waals surface area contributed by atoms with Crippen LogP contribution < -0.4 is 0 Å². The summed E-state index contributed by atoms with van der Waals surface area (Å²) >= 11 is 0. The largest absolute Gasteiger partial charge is 0.291 e. The Kier molecular flexibility index (Phi) is 5.04. The summed E-state index contributed by atoms with van der Waals surface area (Å²) in [4.78, 5) is 87.3. The number of Topliss-reactive ketones (excluding diaryl/α,β-unsaturated/α-hetero) is 4. The van der Waals surface area contributed by atoms with E-state index in [2.05, 4.69) is 10.2 Å². The van der Waals surface area contributed by atoms with Crippen molar-refractivity contribution in [3.63, 3.8) is 0 Å². The Bertz CT molecular complexity index is 1950. The number of fused-ring (bicyclic) bond motifs is 2. The molecule has 10 nitrogen and oxygen atoms in total. The van der Waals surface area contributed by atoms with E-state index in [1.165, 1.54) is 48.5 Å². The van der Waals surface area contributed by atoms with Gasteiger partial charge in [0.05, 0.1) is 0 Å². The maximum absolute atomic E-state index is 15.0. The van der Waals surface area contributed by atoms with Crippen LogP contribution in [0.1, 0.15) is 62.1 Å². The quantitative estimate of drug-likeness (QED) is 0.357. The number of benzene rings is 4. The normalized spacial score (nSPS) is 22.8. The van der Waals surface area contributed by atoms with E-state index in [9.17, 15) is 19.2 Å². The van der Waals surface area contributed by atoms with Gasteiger partial charge in [-0.25, -0.2) is 10.0 Å². The van der Waals surface area contributed by atoms with Crippen LogP contribution >= 0.6 is 0 Å². The summed E-state index contributed by atoms with van der Waals surface area (Å²) in [5.41, 5.74) is -6.37. The molecule has 0 radical (unpaired) electrons. The van der Waals surface area contributed by atoms with Crippen LogP contribution in [-0.2, 0) is 0 Å². The van der Waals surface area contributed by atoms with Crippen LogP contribution in [0.25, 0.3) is 0 Å². The van der Waals surface area contributed by atoms with Crippen LogP contribution in [0.5, 0.6) is 0 Å². The van der Waals surface area contributed by atoms with Gasteiger partial charge in [-0.2, -0.15) is 10.2 Å². The van der Waals surface area contributed by atoms with Gasteiger partial charge in [0.25, 0.3) is 11.8 Å². The molecule has 2 atom stereocenters. The molecule has 0 saturated heterocycles. The molecule has 210 valence electrons. The monoisotopic (exact) mass is 578 g/mol. The van der Waals surface area contributed by atoms with Crippen LogP contribution in [-0.4, -0.2) is 67.5 Å². The van der Waals surface area contributed by atoms with Gasteiger partial charge < -0.3 is 0 Å². The minimum atomic E-state index is -2.61. The number of hydrogen-bond acceptors (Lipinski definition) is 8. The van der Waals surface area contributed by atoms with Gasteiger partial charge in [0.15, 0.2) is 0 Å². The molecular weight excluding hydrogens is 560 g/mol. The Hall–Kier alpha value is -6.16. The van der Waals surface area contributed by atoms with Crippen LogP contribution in [0.3, 0.4) is 0 Å². The van der Waals surface area contributed by atoms with Gasteiger partial charge in [0.1, 0.15) is 11.4 Å². The van der Waals surface area contributed by atoms with Gasteiger partial charge in [-0.1, -0.05) is 84.9 Å². The average molecular weight is 579 g/mol. The second kappa shape index (κ2) is 8.68. The van der Waals surface area contributed by atoms with Crippen molar-refractivity contribution in [1.29, 1.82) is 0 Å². The fourth-order valence-corrected chi connectivity index (χ4v) is 6.70. The molecular formula is C34H18N4O6. The minimum absolute atomic E-state index is 0.0124. The number of hydrogen-bond donors (Lipinski definition) is 0. The minimum Gasteiger partial charge on any atom is -0.291 e. The number of nitrogens with zero attached hydrogens (tertiary/aromatic N) is 4. The van der Waals surface area contributed by atoms with Gasteiger partial charge in [-0.3, -0.25) is 28.8 Å². The van der Waals surface area contributed by atoms with Crippen LogP contribution in [0.2, 0.25) is 0 Å². The van der Waals surface area contributed by atoms with Crippen molar-refractivity contribution in [2.24, 2.45) is 10.2 Å². The molecule has 2 spiro atoms. The molecule has 4 aromatic carbocycles. The third-order valence-electron chi connectivity index (χ3n) is 8.59. The summed E-state index contributed by atoms with van der Waals surface area (Å²) in [6.45, 7) is 0. The molecule has 0 aromatic heterocycles. The number of rotatable bonds is 2. The molecule has 8 rings (SSSR count). The van der Waals surface area contributed by atoms with Crippen molar-refractivity contribution in [3.8, 4) is 0 Å². The predicted octanol–water partition coefficient (Wildman–Crippen LogP) is 3.65. The molecule has 2 unspecified atom stereocenters. The highest BCUT2D eigenvalue weighted by molar-refractivity contribution is 6.67. The first-order valence-corrected chi connectivity index (χ1v) is 13.7. The number of hydrazone groups is 2. The molecule has 2 heterocycles. The molecule has 4 aromatic rings. The fourth-order valence-electron chi connectivity index (χ4n) is 6.70. The van der Waals surface area contributed by atoms with Gasteiger partial charge in [0, 0.05) is 33.4 Å². The van der Waals surface area contributed by atoms with Gasteiger partial charge in [0.2, 0.25) is 34.2 Å². The first-order chi connectivity index (χ1) is 21.3. The summed E-state index contributed by atoms with van der Waals surface area (Å²) < 4.78 is 0. The number of amides is 2. The van der Waals surface area contributed by atoms with Gasteiger partial charge in [-0.15, -0.1) is 0 Å². The fraction of sp³-hybridized carbons (Fsp3) is 0.0588. The number of ketones is 4. The second-order valence-electron chi connectivity index (χ2n) is 10.7. The summed E-state index contributed by atoms with van der Waals surface area (Å²) in [6, 6.07) is 27.6. The highest BCUT2D eigenvalue weighted by atomic mass is 16.2. The summed E-state index contributed by atoms with van der Waals surface area (Å²) in [5, 5.41) is 10.3. The Labute approximate surface area is 248 Å². The predicted molar refractivity (Wildman–Crippen MR) is 156 cm³/mol. The van der Waals surface area contributed by atoms with E-state index in [4.69, 9.17) is 0 Å². The highest BCUT2D eigenvalue weighted by Crippen LogP contribution is 2.55. The van der Waals surface area contributed by atoms with E-state index in [-0.39, 0.29) is 33.4 Å². The molecule has 2 aliphatic heterocycles. The van der Waals surface area contributed by atoms with E-state index >= 15 is 9.59 Å². The highest BCUT2D eigenvalue weighted by Gasteiger charge is 2.84. The summed E-state index contributed by atoms with van der Waals surface area (Å²) in [7, 11) is 0. The Balaban J connectivity index is 1.51. The summed E-state index contributed by atoms with van der Waals surface area (Å²) in [6.07, 6.45) is 0. The molecule has 44 heavy (non-hydrogen) atoms. The van der Waals surface area contributed by atoms with Gasteiger partial charge >= 0.3 is 0 Å². The number of carbonyl (C=O) groups excluding carboxylic acids is 6. The zero-order chi connectivity index (χ0) is 30.4. The molecule has 4 aliphatic rings. The smallest absolute Gasteiger partial charge is 0.275 e. The zero-order valence-electron chi connectivity index (χ0n) is 22.6. The van der Waals surface area contributed by atoms with Crippen molar-refractivity contribution in [2.75, 3.05) is 0 Å². The lowest BCUT2D eigenvalue weighted by molar-refractivity contribution is 0.0286. The molecule has 2 aliphatic carbocycles. The Morgan fingerprint density at radius 2 is 0.773 bits per heavy atom. The molecule has 0 bridgehead atoms. The third kappa shape index (κ3) is 2.79. The lowest BCUT2D eigenvalue weighted by Crippen LogP contribution is -2.79. The van der Waals surface area contributed by atoms with Crippen molar-refractivity contribution in [2.45, 2.75) is 11.1 Å². The molecule has 2 amide bonds. The van der Waals surface area contributed by atoms with Gasteiger partial charge in [-0.05, 0) is 24.3 Å². The maximum Gasteiger partial charge on any atom is 0.275 e. The lowest BCUT2D eigenvalue weighted by Gasteiger charge is -2.46. The molecule has 0 N–H and O–H groups in total. The SMILES string of the molecule is O=C1C2=NN(C(=O)c3ccccc3)C34C(=O)c5ccccc5C(=O)C3=NN(C(=O)c3ccccc3)C24C(=O)c2ccccc21. The topological polar surface area (TPSA) is 134 Å². The van der Waals surface area contributed by atoms with Crippen molar-refractivity contribution >= 4 is 46.4 Å². The maximum atomic E-state index is 15.0. The lowest BCUT2D eigenvalue weighted by atomic mass is 9.58. The van der Waals surface area contributed by atoms with E-state index in [0.717, 1.165) is 10.0 Å². The zero-order valence-corrected chi connectivity index (χ0v) is 22.6. The average Bonchev–Trinajstić information content (AvgIpc) is 3.57. The standard InChI is InChI=1S/C34H18N4O6/c39-25-21-15-7-9-17-23(21)29(41)33-27(25)36-38(32(44)20-13-5-2-6-14-20)34(33)28(26(40)22-16-8-10-18-24(22)30(34)42)35-37(33)31(43)19-11-3-1-4-12-19/h1-18H. The van der Waals surface area contributed by atoms with E-state index in [0.29, 0.717) is 0 Å². The van der Waals surface area contributed by atoms with Crippen molar-refractivity contribution < 1.29 is 28.8 Å². The van der Waals surface area contributed by atoms with Crippen molar-refractivity contribution in [1.82, 2.24) is 10.0 Å². The third-order valence-corrected chi connectivity index (χ3v) is 8.59. The Morgan fingerprint density at radius 3 is 1.14 bits per heavy atom. The van der Waals surface area contributed by atoms with E-state index in [1.807, 2.05) is 0 Å². The summed E-state index contributed by atoms with van der Waals surface area (Å²) in [5.74, 6) is -5.00. The van der Waals surface area contributed by atoms with Crippen LogP contribution in [0.15, 0.2) is 119 Å².